The molecule has 0 radical (unpaired) electrons. The molecule has 2 aromatic heterocycles. The zero-order chi connectivity index (χ0) is 15.1. The van der Waals surface area contributed by atoms with E-state index in [1.54, 1.807) is 24.7 Å². The molecule has 6 heteroatoms. The average molecular weight is 287 g/mol. The molecule has 0 aliphatic carbocycles. The van der Waals surface area contributed by atoms with Crippen molar-refractivity contribution in [3.05, 3.63) is 30.9 Å². The monoisotopic (exact) mass is 287 g/mol. The highest BCUT2D eigenvalue weighted by Crippen LogP contribution is 2.11. The van der Waals surface area contributed by atoms with Crippen LogP contribution >= 0.6 is 0 Å². The van der Waals surface area contributed by atoms with Crippen molar-refractivity contribution in [1.82, 2.24) is 24.8 Å². The normalized spacial score (nSPS) is 10.8. The molecule has 0 spiro atoms. The Labute approximate surface area is 124 Å². The number of nitrogens with one attached hydrogen (secondary N) is 1. The number of amides is 1. The Balaban J connectivity index is 1.93. The van der Waals surface area contributed by atoms with Gasteiger partial charge in [-0.25, -0.2) is 15.0 Å². The van der Waals surface area contributed by atoms with Gasteiger partial charge >= 0.3 is 0 Å². The lowest BCUT2D eigenvalue weighted by atomic mass is 10.0. The lowest BCUT2D eigenvalue weighted by Gasteiger charge is -2.13. The fraction of sp³-hybridized carbons (Fsp3) is 0.467. The SMILES string of the molecule is CCC(CC)C(=O)NCCn1ccnc1-c1ncccn1. The Kier molecular flexibility index (Phi) is 5.43. The van der Waals surface area contributed by atoms with Crippen LogP contribution in [0.5, 0.6) is 0 Å². The van der Waals surface area contributed by atoms with E-state index in [0.29, 0.717) is 24.7 Å². The van der Waals surface area contributed by atoms with Crippen LogP contribution in [0.25, 0.3) is 11.6 Å². The highest BCUT2D eigenvalue weighted by molar-refractivity contribution is 5.78. The van der Waals surface area contributed by atoms with E-state index in [4.69, 9.17) is 0 Å². The van der Waals surface area contributed by atoms with Gasteiger partial charge in [0.15, 0.2) is 11.6 Å². The van der Waals surface area contributed by atoms with Gasteiger partial charge in [-0.1, -0.05) is 13.8 Å². The van der Waals surface area contributed by atoms with E-state index in [1.165, 1.54) is 0 Å². The predicted octanol–water partition coefficient (Wildman–Crippen LogP) is 1.89. The van der Waals surface area contributed by atoms with E-state index in [0.717, 1.165) is 12.8 Å². The first-order valence-electron chi connectivity index (χ1n) is 7.32. The van der Waals surface area contributed by atoms with Gasteiger partial charge in [0.25, 0.3) is 0 Å². The summed E-state index contributed by atoms with van der Waals surface area (Å²) in [7, 11) is 0. The summed E-state index contributed by atoms with van der Waals surface area (Å²) in [6.07, 6.45) is 8.71. The first-order chi connectivity index (χ1) is 10.3. The number of rotatable bonds is 7. The van der Waals surface area contributed by atoms with Crippen molar-refractivity contribution in [3.8, 4) is 11.6 Å². The van der Waals surface area contributed by atoms with E-state index in [9.17, 15) is 4.79 Å². The van der Waals surface area contributed by atoms with Crippen LogP contribution in [-0.2, 0) is 11.3 Å². The van der Waals surface area contributed by atoms with E-state index in [-0.39, 0.29) is 11.8 Å². The molecule has 112 valence electrons. The zero-order valence-corrected chi connectivity index (χ0v) is 12.5. The highest BCUT2D eigenvalue weighted by Gasteiger charge is 2.13. The van der Waals surface area contributed by atoms with Gasteiger partial charge in [-0.2, -0.15) is 0 Å². The highest BCUT2D eigenvalue weighted by atomic mass is 16.1. The van der Waals surface area contributed by atoms with E-state index in [1.807, 2.05) is 24.6 Å². The van der Waals surface area contributed by atoms with E-state index < -0.39 is 0 Å². The van der Waals surface area contributed by atoms with Gasteiger partial charge in [-0.15, -0.1) is 0 Å². The summed E-state index contributed by atoms with van der Waals surface area (Å²) < 4.78 is 1.95. The molecule has 0 saturated carbocycles. The second-order valence-electron chi connectivity index (χ2n) is 4.82. The van der Waals surface area contributed by atoms with Crippen molar-refractivity contribution < 1.29 is 4.79 Å². The third-order valence-electron chi connectivity index (χ3n) is 3.49. The molecule has 6 nitrogen and oxygen atoms in total. The van der Waals surface area contributed by atoms with Crippen LogP contribution in [0.3, 0.4) is 0 Å². The molecule has 0 bridgehead atoms. The minimum Gasteiger partial charge on any atom is -0.354 e. The fourth-order valence-corrected chi connectivity index (χ4v) is 2.21. The zero-order valence-electron chi connectivity index (χ0n) is 12.5. The molecule has 0 saturated heterocycles. The number of nitrogens with zero attached hydrogens (tertiary/aromatic N) is 4. The Hall–Kier alpha value is -2.24. The van der Waals surface area contributed by atoms with Crippen LogP contribution < -0.4 is 5.32 Å². The molecule has 0 aromatic carbocycles. The number of hydrogen-bond acceptors (Lipinski definition) is 4. The average Bonchev–Trinajstić information content (AvgIpc) is 2.98. The van der Waals surface area contributed by atoms with Crippen LogP contribution in [0.4, 0.5) is 0 Å². The number of aromatic nitrogens is 4. The molecule has 2 rings (SSSR count). The Morgan fingerprint density at radius 3 is 2.57 bits per heavy atom. The standard InChI is InChI=1S/C15H21N5O/c1-3-12(4-2)15(21)19-9-11-20-10-8-18-14(20)13-16-6-5-7-17-13/h5-8,10,12H,3-4,9,11H2,1-2H3,(H,19,21). The maximum atomic E-state index is 11.9. The van der Waals surface area contributed by atoms with Crippen LogP contribution in [0, 0.1) is 5.92 Å². The molecule has 0 atom stereocenters. The van der Waals surface area contributed by atoms with Gasteiger partial charge in [0.2, 0.25) is 5.91 Å². The number of carbonyl (C=O) groups excluding carboxylic acids is 1. The Morgan fingerprint density at radius 1 is 1.19 bits per heavy atom. The summed E-state index contributed by atoms with van der Waals surface area (Å²) in [4.78, 5) is 24.6. The third kappa shape index (κ3) is 3.87. The Bertz CT molecular complexity index is 562. The summed E-state index contributed by atoms with van der Waals surface area (Å²) in [5, 5.41) is 2.97. The number of imidazole rings is 1. The molecular weight excluding hydrogens is 266 g/mol. The fourth-order valence-electron chi connectivity index (χ4n) is 2.21. The minimum absolute atomic E-state index is 0.102. The summed E-state index contributed by atoms with van der Waals surface area (Å²) in [5.74, 6) is 1.53. The van der Waals surface area contributed by atoms with E-state index in [2.05, 4.69) is 20.3 Å². The third-order valence-corrected chi connectivity index (χ3v) is 3.49. The molecule has 0 aliphatic heterocycles. The van der Waals surface area contributed by atoms with Crippen molar-refractivity contribution in [2.24, 2.45) is 5.92 Å². The minimum atomic E-state index is 0.102. The molecule has 2 heterocycles. The van der Waals surface area contributed by atoms with Crippen LogP contribution in [0.2, 0.25) is 0 Å². The maximum Gasteiger partial charge on any atom is 0.223 e. The number of carbonyl (C=O) groups is 1. The van der Waals surface area contributed by atoms with Crippen molar-refractivity contribution in [2.75, 3.05) is 6.54 Å². The second kappa shape index (κ2) is 7.52. The molecule has 1 N–H and O–H groups in total. The molecule has 0 unspecified atom stereocenters. The topological polar surface area (TPSA) is 72.7 Å². The van der Waals surface area contributed by atoms with Crippen molar-refractivity contribution in [3.63, 3.8) is 0 Å². The number of hydrogen-bond donors (Lipinski definition) is 1. The smallest absolute Gasteiger partial charge is 0.223 e. The quantitative estimate of drug-likeness (QED) is 0.844. The molecule has 0 aliphatic rings. The summed E-state index contributed by atoms with van der Waals surface area (Å²) in [5.41, 5.74) is 0. The van der Waals surface area contributed by atoms with Crippen LogP contribution in [0.15, 0.2) is 30.9 Å². The van der Waals surface area contributed by atoms with Crippen molar-refractivity contribution in [2.45, 2.75) is 33.2 Å². The first kappa shape index (κ1) is 15.2. The molecule has 1 amide bonds. The van der Waals surface area contributed by atoms with Gasteiger partial charge < -0.3 is 9.88 Å². The molecule has 0 fully saturated rings. The van der Waals surface area contributed by atoms with Gasteiger partial charge in [-0.3, -0.25) is 4.79 Å². The maximum absolute atomic E-state index is 11.9. The van der Waals surface area contributed by atoms with Crippen molar-refractivity contribution in [1.29, 1.82) is 0 Å². The van der Waals surface area contributed by atoms with Gasteiger partial charge in [0, 0.05) is 43.8 Å². The van der Waals surface area contributed by atoms with Crippen LogP contribution in [0.1, 0.15) is 26.7 Å². The van der Waals surface area contributed by atoms with Gasteiger partial charge in [0.05, 0.1) is 0 Å². The van der Waals surface area contributed by atoms with Crippen molar-refractivity contribution >= 4 is 5.91 Å². The lowest BCUT2D eigenvalue weighted by molar-refractivity contribution is -0.125. The largest absolute Gasteiger partial charge is 0.354 e. The first-order valence-corrected chi connectivity index (χ1v) is 7.32. The molecule has 2 aromatic rings. The molecule has 21 heavy (non-hydrogen) atoms. The summed E-state index contributed by atoms with van der Waals surface area (Å²) >= 11 is 0. The predicted molar refractivity (Wildman–Crippen MR) is 80.3 cm³/mol. The second-order valence-corrected chi connectivity index (χ2v) is 4.82. The summed E-state index contributed by atoms with van der Waals surface area (Å²) in [6.45, 7) is 5.30. The lowest BCUT2D eigenvalue weighted by Crippen LogP contribution is -2.32. The van der Waals surface area contributed by atoms with Crippen LogP contribution in [-0.4, -0.2) is 32.0 Å². The summed E-state index contributed by atoms with van der Waals surface area (Å²) in [6, 6.07) is 1.77. The Morgan fingerprint density at radius 2 is 1.90 bits per heavy atom. The van der Waals surface area contributed by atoms with Gasteiger partial charge in [0.1, 0.15) is 0 Å². The molecular formula is C15H21N5O. The van der Waals surface area contributed by atoms with Gasteiger partial charge in [-0.05, 0) is 18.9 Å². The van der Waals surface area contributed by atoms with E-state index >= 15 is 0 Å².